The van der Waals surface area contributed by atoms with Gasteiger partial charge in [0.15, 0.2) is 0 Å². The molecule has 1 amide bonds. The van der Waals surface area contributed by atoms with Crippen LogP contribution < -0.4 is 5.63 Å². The Morgan fingerprint density at radius 3 is 2.88 bits per heavy atom. The van der Waals surface area contributed by atoms with Crippen molar-refractivity contribution in [1.29, 1.82) is 0 Å². The third-order valence-corrected chi connectivity index (χ3v) is 3.15. The average molecular weight is 237 g/mol. The van der Waals surface area contributed by atoms with Crippen LogP contribution in [0.2, 0.25) is 0 Å². The van der Waals surface area contributed by atoms with E-state index in [4.69, 9.17) is 0 Å². The largest absolute Gasteiger partial charge is 0.430 e. The van der Waals surface area contributed by atoms with Crippen molar-refractivity contribution >= 4 is 5.91 Å². The lowest BCUT2D eigenvalue weighted by atomic mass is 9.96. The molecule has 1 aliphatic heterocycles. The summed E-state index contributed by atoms with van der Waals surface area (Å²) in [7, 11) is 0. The number of amides is 1. The van der Waals surface area contributed by atoms with E-state index in [9.17, 15) is 14.7 Å². The smallest absolute Gasteiger partial charge is 0.335 e. The zero-order valence-electron chi connectivity index (χ0n) is 9.63. The highest BCUT2D eigenvalue weighted by molar-refractivity contribution is 5.93. The summed E-state index contributed by atoms with van der Waals surface area (Å²) in [5.41, 5.74) is -0.139. The van der Waals surface area contributed by atoms with Crippen molar-refractivity contribution in [3.05, 3.63) is 34.4 Å². The van der Waals surface area contributed by atoms with Gasteiger partial charge in [-0.05, 0) is 18.4 Å². The van der Waals surface area contributed by atoms with Crippen LogP contribution in [0.5, 0.6) is 0 Å². The van der Waals surface area contributed by atoms with Crippen molar-refractivity contribution in [1.82, 2.24) is 4.90 Å². The van der Waals surface area contributed by atoms with Crippen molar-refractivity contribution in [2.45, 2.75) is 19.4 Å². The number of carbonyl (C=O) groups excluding carboxylic acids is 1. The van der Waals surface area contributed by atoms with Crippen LogP contribution in [0.3, 0.4) is 0 Å². The highest BCUT2D eigenvalue weighted by atomic mass is 16.4. The number of piperidine rings is 1. The molecule has 0 aliphatic carbocycles. The molecule has 5 heteroatoms. The van der Waals surface area contributed by atoms with Crippen molar-refractivity contribution in [2.24, 2.45) is 5.92 Å². The van der Waals surface area contributed by atoms with Crippen LogP contribution in [0.25, 0.3) is 0 Å². The van der Waals surface area contributed by atoms with Gasteiger partial charge in [-0.25, -0.2) is 4.79 Å². The molecule has 2 rings (SSSR count). The first-order valence-electron chi connectivity index (χ1n) is 5.64. The highest BCUT2D eigenvalue weighted by Gasteiger charge is 2.27. The number of nitrogens with zero attached hydrogens (tertiary/aromatic N) is 1. The number of rotatable bonds is 1. The van der Waals surface area contributed by atoms with Gasteiger partial charge in [0.2, 0.25) is 0 Å². The number of hydrogen-bond acceptors (Lipinski definition) is 4. The van der Waals surface area contributed by atoms with Crippen LogP contribution in [0, 0.1) is 5.92 Å². The summed E-state index contributed by atoms with van der Waals surface area (Å²) >= 11 is 0. The molecule has 0 bridgehead atoms. The quantitative estimate of drug-likeness (QED) is 0.771. The van der Waals surface area contributed by atoms with Gasteiger partial charge >= 0.3 is 5.63 Å². The fourth-order valence-electron chi connectivity index (χ4n) is 1.90. The molecule has 92 valence electrons. The summed E-state index contributed by atoms with van der Waals surface area (Å²) in [6.45, 7) is 2.92. The Kier molecular flexibility index (Phi) is 3.28. The maximum absolute atomic E-state index is 12.0. The monoisotopic (exact) mass is 237 g/mol. The summed E-state index contributed by atoms with van der Waals surface area (Å²) in [5, 5.41) is 9.72. The number of carbonyl (C=O) groups is 1. The molecule has 1 aliphatic rings. The predicted molar refractivity (Wildman–Crippen MR) is 60.7 cm³/mol. The lowest BCUT2D eigenvalue weighted by Crippen LogP contribution is -2.45. The molecule has 2 heterocycles. The van der Waals surface area contributed by atoms with E-state index in [-0.39, 0.29) is 11.8 Å². The Bertz CT molecular complexity index is 447. The zero-order valence-corrected chi connectivity index (χ0v) is 9.63. The topological polar surface area (TPSA) is 70.8 Å². The van der Waals surface area contributed by atoms with Gasteiger partial charge in [0, 0.05) is 19.2 Å². The molecular formula is C12H15NO4. The second-order valence-corrected chi connectivity index (χ2v) is 4.43. The van der Waals surface area contributed by atoms with Crippen LogP contribution in [0.15, 0.2) is 27.6 Å². The molecule has 1 aromatic heterocycles. The Balaban J connectivity index is 2.10. The molecule has 1 aromatic rings. The van der Waals surface area contributed by atoms with Gasteiger partial charge in [0.1, 0.15) is 6.26 Å². The maximum atomic E-state index is 12.0. The van der Waals surface area contributed by atoms with Gasteiger partial charge in [-0.15, -0.1) is 0 Å². The van der Waals surface area contributed by atoms with Gasteiger partial charge in [-0.3, -0.25) is 4.79 Å². The first-order valence-corrected chi connectivity index (χ1v) is 5.64. The molecule has 0 spiro atoms. The number of likely N-dealkylation sites (tertiary alicyclic amines) is 1. The minimum atomic E-state index is -0.483. The first-order chi connectivity index (χ1) is 8.08. The van der Waals surface area contributed by atoms with E-state index in [0.717, 1.165) is 12.7 Å². The molecule has 0 radical (unpaired) electrons. The minimum absolute atomic E-state index is 0.209. The summed E-state index contributed by atoms with van der Waals surface area (Å²) < 4.78 is 4.65. The van der Waals surface area contributed by atoms with Gasteiger partial charge in [-0.1, -0.05) is 6.92 Å². The van der Waals surface area contributed by atoms with E-state index >= 15 is 0 Å². The van der Waals surface area contributed by atoms with E-state index in [2.05, 4.69) is 4.42 Å². The first kappa shape index (κ1) is 11.9. The summed E-state index contributed by atoms with van der Waals surface area (Å²) in [5.74, 6) is 0.00690. The maximum Gasteiger partial charge on any atom is 0.335 e. The molecule has 17 heavy (non-hydrogen) atoms. The normalized spacial score (nSPS) is 24.7. The van der Waals surface area contributed by atoms with E-state index in [1.807, 2.05) is 6.92 Å². The summed E-state index contributed by atoms with van der Waals surface area (Å²) in [4.78, 5) is 24.4. The van der Waals surface area contributed by atoms with Crippen molar-refractivity contribution < 1.29 is 14.3 Å². The molecule has 2 unspecified atom stereocenters. The molecule has 2 atom stereocenters. The number of aliphatic hydroxyl groups is 1. The number of aliphatic hydroxyl groups excluding tert-OH is 1. The average Bonchev–Trinajstić information content (AvgIpc) is 2.33. The van der Waals surface area contributed by atoms with Crippen LogP contribution in [0.1, 0.15) is 23.7 Å². The molecular weight excluding hydrogens is 222 g/mol. The molecule has 0 saturated carbocycles. The third kappa shape index (κ3) is 2.55. The Morgan fingerprint density at radius 2 is 2.29 bits per heavy atom. The molecule has 1 N–H and O–H groups in total. The highest BCUT2D eigenvalue weighted by Crippen LogP contribution is 2.18. The number of β-amino-alcohol motifs (C(OH)–C–C–N with tert-alkyl or cyclic N) is 1. The predicted octanol–water partition coefficient (Wildman–Crippen LogP) is 0.483. The van der Waals surface area contributed by atoms with Crippen LogP contribution in [-0.4, -0.2) is 35.1 Å². The second-order valence-electron chi connectivity index (χ2n) is 4.43. The lowest BCUT2D eigenvalue weighted by molar-refractivity contribution is 0.0247. The van der Waals surface area contributed by atoms with Crippen LogP contribution in [-0.2, 0) is 0 Å². The Hall–Kier alpha value is -1.62. The van der Waals surface area contributed by atoms with Gasteiger partial charge in [-0.2, -0.15) is 0 Å². The van der Waals surface area contributed by atoms with Gasteiger partial charge in [0.25, 0.3) is 5.91 Å². The van der Waals surface area contributed by atoms with Crippen LogP contribution >= 0.6 is 0 Å². The SMILES string of the molecule is CC1CCN(C(=O)c2ccc(=O)oc2)CC1O. The zero-order chi connectivity index (χ0) is 12.4. The second kappa shape index (κ2) is 4.71. The van der Waals surface area contributed by atoms with E-state index in [1.54, 1.807) is 4.90 Å². The Morgan fingerprint density at radius 1 is 1.53 bits per heavy atom. The van der Waals surface area contributed by atoms with Crippen LogP contribution in [0.4, 0.5) is 0 Å². The molecule has 1 saturated heterocycles. The van der Waals surface area contributed by atoms with Crippen molar-refractivity contribution in [3.63, 3.8) is 0 Å². The fourth-order valence-corrected chi connectivity index (χ4v) is 1.90. The van der Waals surface area contributed by atoms with E-state index < -0.39 is 11.7 Å². The standard InChI is InChI=1S/C12H15NO4/c1-8-4-5-13(6-10(8)14)12(16)9-2-3-11(15)17-7-9/h2-3,7-8,10,14H,4-6H2,1H3. The molecule has 1 fully saturated rings. The Labute approximate surface area is 98.7 Å². The van der Waals surface area contributed by atoms with Gasteiger partial charge in [0.05, 0.1) is 11.7 Å². The van der Waals surface area contributed by atoms with Crippen molar-refractivity contribution in [2.75, 3.05) is 13.1 Å². The fraction of sp³-hybridized carbons (Fsp3) is 0.500. The van der Waals surface area contributed by atoms with E-state index in [0.29, 0.717) is 18.7 Å². The summed E-state index contributed by atoms with van der Waals surface area (Å²) in [6, 6.07) is 2.66. The molecule has 5 nitrogen and oxygen atoms in total. The lowest BCUT2D eigenvalue weighted by Gasteiger charge is -2.34. The number of hydrogen-bond donors (Lipinski definition) is 1. The van der Waals surface area contributed by atoms with E-state index in [1.165, 1.54) is 12.1 Å². The third-order valence-electron chi connectivity index (χ3n) is 3.15. The van der Waals surface area contributed by atoms with Crippen molar-refractivity contribution in [3.8, 4) is 0 Å². The minimum Gasteiger partial charge on any atom is -0.430 e. The molecule has 0 aromatic carbocycles. The van der Waals surface area contributed by atoms with Gasteiger partial charge < -0.3 is 14.4 Å². The summed E-state index contributed by atoms with van der Waals surface area (Å²) in [6.07, 6.45) is 1.46.